The second-order valence-corrected chi connectivity index (χ2v) is 5.39. The van der Waals surface area contributed by atoms with Crippen LogP contribution < -0.4 is 5.32 Å². The van der Waals surface area contributed by atoms with Crippen LogP contribution in [0.1, 0.15) is 51.0 Å². The second kappa shape index (κ2) is 5.54. The van der Waals surface area contributed by atoms with Crippen molar-refractivity contribution in [2.24, 2.45) is 0 Å². The van der Waals surface area contributed by atoms with E-state index in [4.69, 9.17) is 0 Å². The molecule has 2 N–H and O–H groups in total. The molecule has 1 aliphatic rings. The topological polar surface area (TPSA) is 32.3 Å². The molecule has 17 heavy (non-hydrogen) atoms. The van der Waals surface area contributed by atoms with Crippen molar-refractivity contribution < 1.29 is 5.11 Å². The highest BCUT2D eigenvalue weighted by Crippen LogP contribution is 2.27. The van der Waals surface area contributed by atoms with E-state index in [1.54, 1.807) is 0 Å². The van der Waals surface area contributed by atoms with Gasteiger partial charge in [0.2, 0.25) is 0 Å². The van der Waals surface area contributed by atoms with Gasteiger partial charge in [0, 0.05) is 11.7 Å². The largest absolute Gasteiger partial charge is 0.393 e. The van der Waals surface area contributed by atoms with Crippen molar-refractivity contribution >= 4 is 5.69 Å². The lowest BCUT2D eigenvalue weighted by Crippen LogP contribution is -2.28. The number of aliphatic hydroxyl groups excluding tert-OH is 1. The van der Waals surface area contributed by atoms with Crippen molar-refractivity contribution in [3.63, 3.8) is 0 Å². The van der Waals surface area contributed by atoms with Gasteiger partial charge in [-0.1, -0.05) is 32.0 Å². The molecule has 1 saturated carbocycles. The smallest absolute Gasteiger partial charge is 0.0541 e. The molecule has 0 bridgehead atoms. The zero-order valence-corrected chi connectivity index (χ0v) is 10.8. The van der Waals surface area contributed by atoms with Crippen LogP contribution in [0.15, 0.2) is 24.3 Å². The van der Waals surface area contributed by atoms with E-state index in [1.807, 2.05) is 0 Å². The lowest BCUT2D eigenvalue weighted by molar-refractivity contribution is 0.126. The Hall–Kier alpha value is -1.02. The maximum atomic E-state index is 9.51. The summed E-state index contributed by atoms with van der Waals surface area (Å²) in [5.41, 5.74) is 2.66. The molecule has 2 rings (SSSR count). The zero-order valence-electron chi connectivity index (χ0n) is 10.8. The summed E-state index contributed by atoms with van der Waals surface area (Å²) in [6.45, 7) is 4.45. The van der Waals surface area contributed by atoms with Crippen LogP contribution in [-0.4, -0.2) is 17.3 Å². The van der Waals surface area contributed by atoms with Crippen LogP contribution in [-0.2, 0) is 0 Å². The third-order valence-electron chi connectivity index (χ3n) is 3.64. The summed E-state index contributed by atoms with van der Waals surface area (Å²) in [6.07, 6.45) is 3.94. The third kappa shape index (κ3) is 3.22. The fourth-order valence-electron chi connectivity index (χ4n) is 2.57. The highest BCUT2D eigenvalue weighted by atomic mass is 16.3. The van der Waals surface area contributed by atoms with Crippen molar-refractivity contribution in [3.05, 3.63) is 29.8 Å². The average Bonchev–Trinajstić information content (AvgIpc) is 2.32. The van der Waals surface area contributed by atoms with Crippen molar-refractivity contribution in [2.75, 3.05) is 5.32 Å². The van der Waals surface area contributed by atoms with Crippen molar-refractivity contribution in [1.82, 2.24) is 0 Å². The van der Waals surface area contributed by atoms with Gasteiger partial charge in [0.05, 0.1) is 6.10 Å². The summed E-state index contributed by atoms with van der Waals surface area (Å²) in [6, 6.07) is 9.08. The van der Waals surface area contributed by atoms with Crippen LogP contribution in [0.5, 0.6) is 0 Å². The molecule has 1 aromatic carbocycles. The zero-order chi connectivity index (χ0) is 12.3. The van der Waals surface area contributed by atoms with E-state index in [0.29, 0.717) is 12.0 Å². The minimum atomic E-state index is -0.0756. The highest BCUT2D eigenvalue weighted by molar-refractivity contribution is 5.53. The first-order valence-corrected chi connectivity index (χ1v) is 6.70. The van der Waals surface area contributed by atoms with Crippen LogP contribution in [0.2, 0.25) is 0 Å². The van der Waals surface area contributed by atoms with Gasteiger partial charge in [0.1, 0.15) is 0 Å². The van der Waals surface area contributed by atoms with Gasteiger partial charge in [0.25, 0.3) is 0 Å². The Morgan fingerprint density at radius 1 is 1.12 bits per heavy atom. The lowest BCUT2D eigenvalue weighted by atomic mass is 9.92. The summed E-state index contributed by atoms with van der Waals surface area (Å²) in [7, 11) is 0. The van der Waals surface area contributed by atoms with Crippen molar-refractivity contribution in [1.29, 1.82) is 0 Å². The molecule has 0 saturated heterocycles. The molecule has 1 aliphatic carbocycles. The van der Waals surface area contributed by atoms with Gasteiger partial charge in [-0.3, -0.25) is 0 Å². The Labute approximate surface area is 104 Å². The Morgan fingerprint density at radius 2 is 1.76 bits per heavy atom. The van der Waals surface area contributed by atoms with Gasteiger partial charge in [-0.15, -0.1) is 0 Å². The summed E-state index contributed by atoms with van der Waals surface area (Å²) < 4.78 is 0. The molecule has 1 fully saturated rings. The molecule has 0 radical (unpaired) electrons. The van der Waals surface area contributed by atoms with Crippen molar-refractivity contribution in [3.8, 4) is 0 Å². The van der Waals surface area contributed by atoms with Gasteiger partial charge >= 0.3 is 0 Å². The third-order valence-corrected chi connectivity index (χ3v) is 3.64. The second-order valence-electron chi connectivity index (χ2n) is 5.39. The van der Waals surface area contributed by atoms with Crippen LogP contribution in [0.25, 0.3) is 0 Å². The van der Waals surface area contributed by atoms with E-state index in [9.17, 15) is 5.11 Å². The van der Waals surface area contributed by atoms with Crippen LogP contribution >= 0.6 is 0 Å². The van der Waals surface area contributed by atoms with E-state index in [0.717, 1.165) is 25.7 Å². The number of hydrogen-bond donors (Lipinski definition) is 2. The van der Waals surface area contributed by atoms with E-state index in [2.05, 4.69) is 43.4 Å². The van der Waals surface area contributed by atoms with Gasteiger partial charge in [-0.2, -0.15) is 0 Å². The maximum absolute atomic E-state index is 9.51. The SMILES string of the molecule is CC(C)c1ccccc1N[C@H]1CC[C@H](O)CC1. The molecule has 0 aliphatic heterocycles. The number of nitrogens with one attached hydrogen (secondary N) is 1. The molecular weight excluding hydrogens is 210 g/mol. The number of benzene rings is 1. The van der Waals surface area contributed by atoms with Gasteiger partial charge in [-0.05, 0) is 43.2 Å². The number of aliphatic hydroxyl groups is 1. The lowest BCUT2D eigenvalue weighted by Gasteiger charge is -2.28. The summed E-state index contributed by atoms with van der Waals surface area (Å²) in [4.78, 5) is 0. The molecule has 0 unspecified atom stereocenters. The molecule has 0 heterocycles. The Morgan fingerprint density at radius 3 is 2.41 bits per heavy atom. The molecule has 0 amide bonds. The number of anilines is 1. The Bertz CT molecular complexity index is 354. The quantitative estimate of drug-likeness (QED) is 0.837. The normalized spacial score (nSPS) is 24.9. The standard InChI is InChI=1S/C15H23NO/c1-11(2)14-5-3-4-6-15(14)16-12-7-9-13(17)10-8-12/h3-6,11-13,16-17H,7-10H2,1-2H3/t12-,13-. The summed E-state index contributed by atoms with van der Waals surface area (Å²) in [5, 5.41) is 13.1. The molecule has 2 nitrogen and oxygen atoms in total. The number of para-hydroxylation sites is 1. The van der Waals surface area contributed by atoms with Crippen LogP contribution in [0, 0.1) is 0 Å². The molecule has 0 aromatic heterocycles. The first-order valence-electron chi connectivity index (χ1n) is 6.70. The summed E-state index contributed by atoms with van der Waals surface area (Å²) in [5.74, 6) is 0.549. The fraction of sp³-hybridized carbons (Fsp3) is 0.600. The minimum Gasteiger partial charge on any atom is -0.393 e. The van der Waals surface area contributed by atoms with E-state index in [1.165, 1.54) is 11.3 Å². The fourth-order valence-corrected chi connectivity index (χ4v) is 2.57. The van der Waals surface area contributed by atoms with E-state index >= 15 is 0 Å². The van der Waals surface area contributed by atoms with E-state index in [-0.39, 0.29) is 6.10 Å². The molecular formula is C15H23NO. The van der Waals surface area contributed by atoms with Gasteiger partial charge < -0.3 is 10.4 Å². The van der Waals surface area contributed by atoms with Gasteiger partial charge in [-0.25, -0.2) is 0 Å². The van der Waals surface area contributed by atoms with Crippen LogP contribution in [0.3, 0.4) is 0 Å². The van der Waals surface area contributed by atoms with E-state index < -0.39 is 0 Å². The number of rotatable bonds is 3. The molecule has 0 atom stereocenters. The Kier molecular flexibility index (Phi) is 4.06. The number of hydrogen-bond acceptors (Lipinski definition) is 2. The van der Waals surface area contributed by atoms with Crippen LogP contribution in [0.4, 0.5) is 5.69 Å². The first kappa shape index (κ1) is 12.4. The monoisotopic (exact) mass is 233 g/mol. The maximum Gasteiger partial charge on any atom is 0.0541 e. The first-order chi connectivity index (χ1) is 8.16. The highest BCUT2D eigenvalue weighted by Gasteiger charge is 2.19. The minimum absolute atomic E-state index is 0.0756. The average molecular weight is 233 g/mol. The predicted octanol–water partition coefficient (Wildman–Crippen LogP) is 3.53. The molecule has 94 valence electrons. The molecule has 2 heteroatoms. The summed E-state index contributed by atoms with van der Waals surface area (Å²) >= 11 is 0. The van der Waals surface area contributed by atoms with Gasteiger partial charge in [0.15, 0.2) is 0 Å². The van der Waals surface area contributed by atoms with Crippen molar-refractivity contribution in [2.45, 2.75) is 57.6 Å². The molecule has 0 spiro atoms. The predicted molar refractivity (Wildman–Crippen MR) is 72.4 cm³/mol. The molecule has 1 aromatic rings. The Balaban J connectivity index is 2.03.